The monoisotopic (exact) mass is 435 g/mol. The van der Waals surface area contributed by atoms with E-state index in [2.05, 4.69) is 12.1 Å². The number of hydrogen-bond donors (Lipinski definition) is 1. The Morgan fingerprint density at radius 2 is 1.83 bits per heavy atom. The van der Waals surface area contributed by atoms with Crippen LogP contribution in [-0.4, -0.2) is 51.2 Å². The first-order chi connectivity index (χ1) is 13.5. The number of nitrogens with two attached hydrogens (primary N) is 1. The number of anilines is 1. The predicted octanol–water partition coefficient (Wildman–Crippen LogP) is 2.46. The Labute approximate surface area is 178 Å². The third-order valence-electron chi connectivity index (χ3n) is 5.74. The Hall–Kier alpha value is -2.09. The van der Waals surface area contributed by atoms with E-state index in [4.69, 9.17) is 5.73 Å². The summed E-state index contributed by atoms with van der Waals surface area (Å²) in [4.78, 5) is 15.0. The Morgan fingerprint density at radius 3 is 2.48 bits per heavy atom. The van der Waals surface area contributed by atoms with Gasteiger partial charge in [0.25, 0.3) is 5.91 Å². The summed E-state index contributed by atoms with van der Waals surface area (Å²) in [6, 6.07) is 17.1. The second-order valence-electron chi connectivity index (χ2n) is 7.52. The van der Waals surface area contributed by atoms with Crippen molar-refractivity contribution in [2.75, 3.05) is 36.2 Å². The van der Waals surface area contributed by atoms with Crippen LogP contribution in [0.5, 0.6) is 0 Å². The van der Waals surface area contributed by atoms with Gasteiger partial charge in [0.2, 0.25) is 10.0 Å². The summed E-state index contributed by atoms with van der Waals surface area (Å²) >= 11 is 0. The Kier molecular flexibility index (Phi) is 6.51. The summed E-state index contributed by atoms with van der Waals surface area (Å²) in [5.41, 5.74) is 8.27. The van der Waals surface area contributed by atoms with Gasteiger partial charge in [0.05, 0.1) is 11.4 Å². The van der Waals surface area contributed by atoms with Crippen LogP contribution in [0.15, 0.2) is 54.6 Å². The third-order valence-corrected chi connectivity index (χ3v) is 7.61. The Bertz CT molecular complexity index is 968. The van der Waals surface area contributed by atoms with Crippen LogP contribution >= 0.6 is 12.4 Å². The lowest BCUT2D eigenvalue weighted by molar-refractivity contribution is 0.0786. The standard InChI is InChI=1S/C21H25N3O3S.ClH/c22-13-18-14-23(15-20(18)16-6-2-1-3-7-16)21(25)17-8-4-9-19(12-17)24-10-5-11-28(24,26)27;/h1-4,6-9,12,18,20H,5,10-11,13-15,22H2;1H/t18-,20+;/m1./s1. The molecule has 8 heteroatoms. The molecule has 0 aliphatic carbocycles. The smallest absolute Gasteiger partial charge is 0.253 e. The van der Waals surface area contributed by atoms with E-state index in [0.29, 0.717) is 43.9 Å². The minimum atomic E-state index is -3.27. The van der Waals surface area contributed by atoms with E-state index in [1.54, 1.807) is 24.3 Å². The summed E-state index contributed by atoms with van der Waals surface area (Å²) in [5.74, 6) is 0.523. The second kappa shape index (κ2) is 8.73. The highest BCUT2D eigenvalue weighted by molar-refractivity contribution is 7.93. The highest BCUT2D eigenvalue weighted by atomic mass is 35.5. The summed E-state index contributed by atoms with van der Waals surface area (Å²) in [7, 11) is -3.27. The average molecular weight is 436 g/mol. The molecule has 29 heavy (non-hydrogen) atoms. The zero-order chi connectivity index (χ0) is 19.7. The second-order valence-corrected chi connectivity index (χ2v) is 9.53. The fraction of sp³-hybridized carbons (Fsp3) is 0.381. The molecule has 2 aliphatic heterocycles. The van der Waals surface area contributed by atoms with Gasteiger partial charge in [0.15, 0.2) is 0 Å². The van der Waals surface area contributed by atoms with E-state index in [1.807, 2.05) is 23.1 Å². The summed E-state index contributed by atoms with van der Waals surface area (Å²) in [6.45, 7) is 2.22. The first kappa shape index (κ1) is 21.6. The van der Waals surface area contributed by atoms with Gasteiger partial charge in [-0.2, -0.15) is 0 Å². The summed E-state index contributed by atoms with van der Waals surface area (Å²) in [6.07, 6.45) is 0.615. The molecular formula is C21H26ClN3O3S. The number of benzene rings is 2. The molecule has 0 saturated carbocycles. The molecule has 2 fully saturated rings. The van der Waals surface area contributed by atoms with Crippen molar-refractivity contribution in [3.8, 4) is 0 Å². The minimum Gasteiger partial charge on any atom is -0.338 e. The molecule has 2 atom stereocenters. The first-order valence-corrected chi connectivity index (χ1v) is 11.3. The third kappa shape index (κ3) is 4.27. The maximum atomic E-state index is 13.1. The van der Waals surface area contributed by atoms with Gasteiger partial charge in [-0.25, -0.2) is 8.42 Å². The number of likely N-dealkylation sites (tertiary alicyclic amines) is 1. The number of amides is 1. The Morgan fingerprint density at radius 1 is 1.07 bits per heavy atom. The lowest BCUT2D eigenvalue weighted by Crippen LogP contribution is -2.30. The van der Waals surface area contributed by atoms with Gasteiger partial charge in [-0.15, -0.1) is 12.4 Å². The molecule has 4 rings (SSSR count). The van der Waals surface area contributed by atoms with Gasteiger partial charge in [-0.1, -0.05) is 36.4 Å². The molecule has 2 N–H and O–H groups in total. The van der Waals surface area contributed by atoms with Crippen molar-refractivity contribution >= 4 is 34.0 Å². The first-order valence-electron chi connectivity index (χ1n) is 9.64. The molecule has 6 nitrogen and oxygen atoms in total. The fourth-order valence-electron chi connectivity index (χ4n) is 4.26. The van der Waals surface area contributed by atoms with E-state index in [-0.39, 0.29) is 35.9 Å². The van der Waals surface area contributed by atoms with Crippen molar-refractivity contribution in [1.82, 2.24) is 4.90 Å². The topological polar surface area (TPSA) is 83.7 Å². The van der Waals surface area contributed by atoms with Crippen LogP contribution in [0.4, 0.5) is 5.69 Å². The zero-order valence-electron chi connectivity index (χ0n) is 16.1. The van der Waals surface area contributed by atoms with Gasteiger partial charge < -0.3 is 10.6 Å². The van der Waals surface area contributed by atoms with E-state index < -0.39 is 10.0 Å². The molecule has 2 saturated heterocycles. The fourth-order valence-corrected chi connectivity index (χ4v) is 5.82. The molecule has 0 bridgehead atoms. The van der Waals surface area contributed by atoms with Gasteiger partial charge >= 0.3 is 0 Å². The normalized spacial score (nSPS) is 23.1. The van der Waals surface area contributed by atoms with Crippen molar-refractivity contribution in [2.24, 2.45) is 11.7 Å². The van der Waals surface area contributed by atoms with E-state index in [0.717, 1.165) is 0 Å². The van der Waals surface area contributed by atoms with Crippen molar-refractivity contribution < 1.29 is 13.2 Å². The van der Waals surface area contributed by atoms with Crippen LogP contribution in [0.1, 0.15) is 28.3 Å². The van der Waals surface area contributed by atoms with Crippen LogP contribution in [-0.2, 0) is 10.0 Å². The van der Waals surface area contributed by atoms with Crippen LogP contribution in [0.2, 0.25) is 0 Å². The molecule has 2 heterocycles. The van der Waals surface area contributed by atoms with E-state index in [9.17, 15) is 13.2 Å². The average Bonchev–Trinajstić information content (AvgIpc) is 3.31. The molecule has 2 aliphatic rings. The predicted molar refractivity (Wildman–Crippen MR) is 117 cm³/mol. The number of carbonyl (C=O) groups is 1. The number of rotatable bonds is 4. The summed E-state index contributed by atoms with van der Waals surface area (Å²) in [5, 5.41) is 0. The van der Waals surface area contributed by atoms with Crippen LogP contribution in [0, 0.1) is 5.92 Å². The summed E-state index contributed by atoms with van der Waals surface area (Å²) < 4.78 is 25.8. The zero-order valence-corrected chi connectivity index (χ0v) is 17.7. The van der Waals surface area contributed by atoms with Crippen molar-refractivity contribution in [3.63, 3.8) is 0 Å². The molecule has 0 spiro atoms. The number of halogens is 1. The maximum absolute atomic E-state index is 13.1. The lowest BCUT2D eigenvalue weighted by atomic mass is 9.89. The van der Waals surface area contributed by atoms with Crippen LogP contribution in [0.25, 0.3) is 0 Å². The molecule has 0 aromatic heterocycles. The highest BCUT2D eigenvalue weighted by Gasteiger charge is 2.36. The number of carbonyl (C=O) groups excluding carboxylic acids is 1. The Balaban J connectivity index is 0.00000240. The minimum absolute atomic E-state index is 0. The lowest BCUT2D eigenvalue weighted by Gasteiger charge is -2.20. The van der Waals surface area contributed by atoms with E-state index >= 15 is 0 Å². The van der Waals surface area contributed by atoms with E-state index in [1.165, 1.54) is 9.87 Å². The van der Waals surface area contributed by atoms with Gasteiger partial charge in [-0.3, -0.25) is 9.10 Å². The highest BCUT2D eigenvalue weighted by Crippen LogP contribution is 2.33. The van der Waals surface area contributed by atoms with Crippen molar-refractivity contribution in [2.45, 2.75) is 12.3 Å². The van der Waals surface area contributed by atoms with Crippen LogP contribution in [0.3, 0.4) is 0 Å². The maximum Gasteiger partial charge on any atom is 0.253 e. The molecule has 0 radical (unpaired) electrons. The number of hydrogen-bond acceptors (Lipinski definition) is 4. The molecular weight excluding hydrogens is 410 g/mol. The van der Waals surface area contributed by atoms with Crippen LogP contribution < -0.4 is 10.0 Å². The molecule has 0 unspecified atom stereocenters. The SMILES string of the molecule is Cl.NC[C@@H]1CN(C(=O)c2cccc(N3CCCS3(=O)=O)c2)C[C@H]1c1ccccc1. The molecule has 2 aromatic carbocycles. The molecule has 2 aromatic rings. The molecule has 156 valence electrons. The van der Waals surface area contributed by atoms with Gasteiger partial charge in [0, 0.05) is 31.1 Å². The molecule has 1 amide bonds. The number of sulfonamides is 1. The quantitative estimate of drug-likeness (QED) is 0.799. The van der Waals surface area contributed by atoms with Crippen molar-refractivity contribution in [3.05, 3.63) is 65.7 Å². The van der Waals surface area contributed by atoms with Crippen molar-refractivity contribution in [1.29, 1.82) is 0 Å². The van der Waals surface area contributed by atoms with Gasteiger partial charge in [0.1, 0.15) is 0 Å². The van der Waals surface area contributed by atoms with Gasteiger partial charge in [-0.05, 0) is 42.6 Å². The largest absolute Gasteiger partial charge is 0.338 e. The number of nitrogens with zero attached hydrogens (tertiary/aromatic N) is 2.